The minimum atomic E-state index is -0.373. The van der Waals surface area contributed by atoms with E-state index in [4.69, 9.17) is 0 Å². The molecule has 0 N–H and O–H groups in total. The summed E-state index contributed by atoms with van der Waals surface area (Å²) in [7, 11) is 0. The molecule has 0 atom stereocenters. The Morgan fingerprint density at radius 1 is 1.00 bits per heavy atom. The van der Waals surface area contributed by atoms with Crippen LogP contribution < -0.4 is 0 Å². The second-order valence-corrected chi connectivity index (χ2v) is 6.73. The van der Waals surface area contributed by atoms with E-state index in [1.165, 1.54) is 36.0 Å². The first kappa shape index (κ1) is 18.0. The maximum Gasteiger partial charge on any atom is 0.196 e. The maximum atomic E-state index is 13.1. The number of hydrogen-bond acceptors (Lipinski definition) is 6. The van der Waals surface area contributed by atoms with E-state index in [2.05, 4.69) is 20.2 Å². The number of halogens is 1. The Hall–Kier alpha value is -3.39. The highest BCUT2D eigenvalue weighted by Gasteiger charge is 2.18. The maximum absolute atomic E-state index is 13.1. The highest BCUT2D eigenvalue weighted by Crippen LogP contribution is 2.27. The van der Waals surface area contributed by atoms with Gasteiger partial charge in [0.2, 0.25) is 0 Å². The van der Waals surface area contributed by atoms with E-state index in [0.717, 1.165) is 5.69 Å². The molecule has 0 amide bonds. The van der Waals surface area contributed by atoms with E-state index in [0.29, 0.717) is 22.2 Å². The van der Waals surface area contributed by atoms with Crippen LogP contribution in [0.5, 0.6) is 0 Å². The highest BCUT2D eigenvalue weighted by molar-refractivity contribution is 7.99. The van der Waals surface area contributed by atoms with Crippen LogP contribution in [0.15, 0.2) is 78.3 Å². The van der Waals surface area contributed by atoms with Gasteiger partial charge in [-0.1, -0.05) is 30.0 Å². The molecule has 0 aliphatic carbocycles. The first-order chi connectivity index (χ1) is 13.7. The van der Waals surface area contributed by atoms with Gasteiger partial charge >= 0.3 is 0 Å². The molecule has 2 aromatic heterocycles. The molecular weight excluding hydrogens is 377 g/mol. The average molecular weight is 391 g/mol. The lowest BCUT2D eigenvalue weighted by Crippen LogP contribution is -2.05. The molecule has 0 saturated heterocycles. The SMILES string of the molecule is O=C(CSc1nnc(-c2cnccn2)n1-c1ccccc1)c1ccc(F)cc1. The Morgan fingerprint density at radius 2 is 1.79 bits per heavy atom. The predicted octanol–water partition coefficient (Wildman–Crippen LogP) is 3.84. The van der Waals surface area contributed by atoms with Gasteiger partial charge in [0.1, 0.15) is 11.5 Å². The zero-order valence-electron chi connectivity index (χ0n) is 14.6. The quantitative estimate of drug-likeness (QED) is 0.367. The lowest BCUT2D eigenvalue weighted by molar-refractivity contribution is 0.102. The summed E-state index contributed by atoms with van der Waals surface area (Å²) in [5.41, 5.74) is 1.88. The normalized spacial score (nSPS) is 10.8. The second-order valence-electron chi connectivity index (χ2n) is 5.79. The number of Topliss-reactive ketones (excluding diaryl/α,β-unsaturated/α-hetero) is 1. The number of carbonyl (C=O) groups is 1. The Bertz CT molecular complexity index is 1080. The van der Waals surface area contributed by atoms with Crippen LogP contribution >= 0.6 is 11.8 Å². The van der Waals surface area contributed by atoms with Gasteiger partial charge in [-0.15, -0.1) is 10.2 Å². The molecule has 6 nitrogen and oxygen atoms in total. The van der Waals surface area contributed by atoms with Crippen LogP contribution in [0, 0.1) is 5.82 Å². The number of ketones is 1. The molecule has 4 aromatic rings. The summed E-state index contributed by atoms with van der Waals surface area (Å²) < 4.78 is 14.9. The minimum Gasteiger partial charge on any atom is -0.293 e. The van der Waals surface area contributed by atoms with Crippen molar-refractivity contribution in [3.63, 3.8) is 0 Å². The topological polar surface area (TPSA) is 73.6 Å². The summed E-state index contributed by atoms with van der Waals surface area (Å²) in [6.45, 7) is 0. The van der Waals surface area contributed by atoms with Crippen LogP contribution in [0.4, 0.5) is 4.39 Å². The summed E-state index contributed by atoms with van der Waals surface area (Å²) in [6, 6.07) is 15.1. The van der Waals surface area contributed by atoms with Crippen molar-refractivity contribution in [2.24, 2.45) is 0 Å². The van der Waals surface area contributed by atoms with Crippen molar-refractivity contribution in [3.05, 3.63) is 84.6 Å². The van der Waals surface area contributed by atoms with Gasteiger partial charge in [0.15, 0.2) is 16.8 Å². The zero-order valence-corrected chi connectivity index (χ0v) is 15.4. The summed E-state index contributed by atoms with van der Waals surface area (Å²) in [5, 5.41) is 9.06. The van der Waals surface area contributed by atoms with Crippen molar-refractivity contribution < 1.29 is 9.18 Å². The fourth-order valence-electron chi connectivity index (χ4n) is 2.60. The Morgan fingerprint density at radius 3 is 2.50 bits per heavy atom. The third-order valence-electron chi connectivity index (χ3n) is 3.94. The molecule has 0 radical (unpaired) electrons. The van der Waals surface area contributed by atoms with Crippen LogP contribution in [0.25, 0.3) is 17.2 Å². The van der Waals surface area contributed by atoms with E-state index < -0.39 is 0 Å². The van der Waals surface area contributed by atoms with E-state index in [1.54, 1.807) is 18.6 Å². The van der Waals surface area contributed by atoms with Crippen molar-refractivity contribution in [1.29, 1.82) is 0 Å². The zero-order chi connectivity index (χ0) is 19.3. The van der Waals surface area contributed by atoms with Gasteiger partial charge in [0.05, 0.1) is 11.9 Å². The molecule has 0 bridgehead atoms. The molecule has 0 unspecified atom stereocenters. The number of carbonyl (C=O) groups excluding carboxylic acids is 1. The Labute approximate surface area is 164 Å². The number of benzene rings is 2. The van der Waals surface area contributed by atoms with Crippen LogP contribution in [0.1, 0.15) is 10.4 Å². The van der Waals surface area contributed by atoms with Crippen LogP contribution in [-0.4, -0.2) is 36.3 Å². The third-order valence-corrected chi connectivity index (χ3v) is 4.87. The minimum absolute atomic E-state index is 0.117. The van der Waals surface area contributed by atoms with Gasteiger partial charge in [0.25, 0.3) is 0 Å². The largest absolute Gasteiger partial charge is 0.293 e. The van der Waals surface area contributed by atoms with Crippen molar-refractivity contribution in [1.82, 2.24) is 24.7 Å². The Balaban J connectivity index is 1.65. The number of hydrogen-bond donors (Lipinski definition) is 0. The number of aromatic nitrogens is 5. The molecule has 2 aromatic carbocycles. The van der Waals surface area contributed by atoms with E-state index in [1.807, 2.05) is 34.9 Å². The first-order valence-electron chi connectivity index (χ1n) is 8.41. The van der Waals surface area contributed by atoms with Crippen molar-refractivity contribution in [2.75, 3.05) is 5.75 Å². The monoisotopic (exact) mass is 391 g/mol. The molecule has 4 rings (SSSR count). The van der Waals surface area contributed by atoms with Crippen molar-refractivity contribution in [3.8, 4) is 17.2 Å². The summed E-state index contributed by atoms with van der Waals surface area (Å²) in [6.07, 6.45) is 4.79. The molecular formula is C20H14FN5OS. The van der Waals surface area contributed by atoms with Gasteiger partial charge in [-0.05, 0) is 36.4 Å². The third kappa shape index (κ3) is 3.81. The lowest BCUT2D eigenvalue weighted by Gasteiger charge is -2.09. The average Bonchev–Trinajstić information content (AvgIpc) is 3.18. The number of nitrogens with zero attached hydrogens (tertiary/aromatic N) is 5. The van der Waals surface area contributed by atoms with E-state index in [-0.39, 0.29) is 17.4 Å². The van der Waals surface area contributed by atoms with Gasteiger partial charge in [0, 0.05) is 23.6 Å². The van der Waals surface area contributed by atoms with Crippen molar-refractivity contribution >= 4 is 17.5 Å². The highest BCUT2D eigenvalue weighted by atomic mass is 32.2. The fraction of sp³-hybridized carbons (Fsp3) is 0.0500. The molecule has 0 fully saturated rings. The molecule has 138 valence electrons. The van der Waals surface area contributed by atoms with Gasteiger partial charge in [-0.25, -0.2) is 9.37 Å². The lowest BCUT2D eigenvalue weighted by atomic mass is 10.1. The molecule has 0 saturated carbocycles. The van der Waals surface area contributed by atoms with Crippen molar-refractivity contribution in [2.45, 2.75) is 5.16 Å². The molecule has 0 spiro atoms. The summed E-state index contributed by atoms with van der Waals surface area (Å²) in [4.78, 5) is 20.8. The van der Waals surface area contributed by atoms with Gasteiger partial charge in [-0.2, -0.15) is 0 Å². The van der Waals surface area contributed by atoms with Crippen LogP contribution in [0.2, 0.25) is 0 Å². The summed E-state index contributed by atoms with van der Waals surface area (Å²) >= 11 is 1.26. The number of para-hydroxylation sites is 1. The molecule has 2 heterocycles. The first-order valence-corrected chi connectivity index (χ1v) is 9.40. The molecule has 0 aliphatic rings. The van der Waals surface area contributed by atoms with Crippen LogP contribution in [0.3, 0.4) is 0 Å². The van der Waals surface area contributed by atoms with Crippen LogP contribution in [-0.2, 0) is 0 Å². The second kappa shape index (κ2) is 8.10. The molecule has 8 heteroatoms. The molecule has 28 heavy (non-hydrogen) atoms. The molecule has 0 aliphatic heterocycles. The summed E-state index contributed by atoms with van der Waals surface area (Å²) in [5.74, 6) is 0.197. The van der Waals surface area contributed by atoms with Gasteiger partial charge in [-0.3, -0.25) is 14.3 Å². The van der Waals surface area contributed by atoms with E-state index in [9.17, 15) is 9.18 Å². The number of rotatable bonds is 6. The number of thioether (sulfide) groups is 1. The fourth-order valence-corrected chi connectivity index (χ4v) is 3.45. The smallest absolute Gasteiger partial charge is 0.196 e. The standard InChI is InChI=1S/C20H14FN5OS/c21-15-8-6-14(7-9-15)18(27)13-28-20-25-24-19(17-12-22-10-11-23-17)26(20)16-4-2-1-3-5-16/h1-12H,13H2. The van der Waals surface area contributed by atoms with Gasteiger partial charge < -0.3 is 0 Å². The predicted molar refractivity (Wildman–Crippen MR) is 104 cm³/mol. The van der Waals surface area contributed by atoms with E-state index >= 15 is 0 Å². The Kier molecular flexibility index (Phi) is 5.20.